The lowest BCUT2D eigenvalue weighted by Gasteiger charge is -2.38. The van der Waals surface area contributed by atoms with Crippen LogP contribution in [0.1, 0.15) is 30.9 Å². The SMILES string of the molecule is CCNC(=NCc1ccc(OC)cc1OC)NCC1(c2ccc(F)cc2)CCOCC1. The fourth-order valence-corrected chi connectivity index (χ4v) is 3.87. The van der Waals surface area contributed by atoms with Gasteiger partial charge in [-0.3, -0.25) is 0 Å². The molecule has 2 aromatic carbocycles. The zero-order valence-electron chi connectivity index (χ0n) is 18.5. The molecule has 2 N–H and O–H groups in total. The van der Waals surface area contributed by atoms with E-state index in [2.05, 4.69) is 10.6 Å². The van der Waals surface area contributed by atoms with Crippen LogP contribution in [0.2, 0.25) is 0 Å². The highest BCUT2D eigenvalue weighted by molar-refractivity contribution is 5.80. The van der Waals surface area contributed by atoms with E-state index in [1.165, 1.54) is 12.1 Å². The van der Waals surface area contributed by atoms with Crippen LogP contribution >= 0.6 is 0 Å². The van der Waals surface area contributed by atoms with Gasteiger partial charge >= 0.3 is 0 Å². The van der Waals surface area contributed by atoms with E-state index in [0.29, 0.717) is 26.3 Å². The molecule has 0 atom stereocenters. The molecule has 1 heterocycles. The van der Waals surface area contributed by atoms with Crippen molar-refractivity contribution >= 4 is 5.96 Å². The highest BCUT2D eigenvalue weighted by Gasteiger charge is 2.34. The van der Waals surface area contributed by atoms with Crippen LogP contribution < -0.4 is 20.1 Å². The summed E-state index contributed by atoms with van der Waals surface area (Å²) in [5.41, 5.74) is 1.97. The lowest BCUT2D eigenvalue weighted by atomic mass is 9.74. The Morgan fingerprint density at radius 3 is 2.45 bits per heavy atom. The number of ether oxygens (including phenoxy) is 3. The summed E-state index contributed by atoms with van der Waals surface area (Å²) in [7, 11) is 3.27. The van der Waals surface area contributed by atoms with Gasteiger partial charge in [-0.1, -0.05) is 12.1 Å². The van der Waals surface area contributed by atoms with Gasteiger partial charge in [0.05, 0.1) is 20.8 Å². The zero-order chi connectivity index (χ0) is 22.1. The quantitative estimate of drug-likeness (QED) is 0.495. The molecule has 31 heavy (non-hydrogen) atoms. The fraction of sp³-hybridized carbons (Fsp3) is 0.458. The van der Waals surface area contributed by atoms with Crippen LogP contribution in [0.5, 0.6) is 11.5 Å². The molecular formula is C24H32FN3O3. The van der Waals surface area contributed by atoms with Gasteiger partial charge < -0.3 is 24.8 Å². The lowest BCUT2D eigenvalue weighted by Crippen LogP contribution is -2.48. The third kappa shape index (κ3) is 5.88. The van der Waals surface area contributed by atoms with Crippen molar-refractivity contribution in [3.8, 4) is 11.5 Å². The second kappa shape index (κ2) is 11.0. The Labute approximate surface area is 183 Å². The molecule has 1 aliphatic heterocycles. The number of nitrogens with zero attached hydrogens (tertiary/aromatic N) is 1. The molecule has 3 rings (SSSR count). The van der Waals surface area contributed by atoms with Gasteiger partial charge in [0.2, 0.25) is 0 Å². The topological polar surface area (TPSA) is 64.1 Å². The van der Waals surface area contributed by atoms with Gasteiger partial charge in [-0.05, 0) is 49.6 Å². The molecule has 0 bridgehead atoms. The molecule has 0 radical (unpaired) electrons. The number of aliphatic imine (C=N–C) groups is 1. The van der Waals surface area contributed by atoms with E-state index >= 15 is 0 Å². The van der Waals surface area contributed by atoms with Gasteiger partial charge in [-0.15, -0.1) is 0 Å². The first-order chi connectivity index (χ1) is 15.1. The molecule has 1 aliphatic rings. The first kappa shape index (κ1) is 22.9. The van der Waals surface area contributed by atoms with Crippen molar-refractivity contribution in [1.82, 2.24) is 10.6 Å². The summed E-state index contributed by atoms with van der Waals surface area (Å²) in [5.74, 6) is 2.00. The Balaban J connectivity index is 1.76. The number of hydrogen-bond donors (Lipinski definition) is 2. The Bertz CT molecular complexity index is 865. The number of rotatable bonds is 8. The van der Waals surface area contributed by atoms with E-state index in [1.54, 1.807) is 14.2 Å². The van der Waals surface area contributed by atoms with Crippen molar-refractivity contribution in [3.05, 3.63) is 59.4 Å². The van der Waals surface area contributed by atoms with Gasteiger partial charge in [0, 0.05) is 43.3 Å². The van der Waals surface area contributed by atoms with Gasteiger partial charge in [0.25, 0.3) is 0 Å². The lowest BCUT2D eigenvalue weighted by molar-refractivity contribution is 0.0513. The molecule has 168 valence electrons. The van der Waals surface area contributed by atoms with Crippen molar-refractivity contribution in [1.29, 1.82) is 0 Å². The summed E-state index contributed by atoms with van der Waals surface area (Å²) in [6, 6.07) is 12.5. The van der Waals surface area contributed by atoms with Crippen LogP contribution in [0, 0.1) is 5.82 Å². The first-order valence-electron chi connectivity index (χ1n) is 10.7. The molecule has 1 fully saturated rings. The van der Waals surface area contributed by atoms with Gasteiger partial charge in [-0.25, -0.2) is 9.38 Å². The third-order valence-electron chi connectivity index (χ3n) is 5.75. The molecule has 1 saturated heterocycles. The van der Waals surface area contributed by atoms with Crippen LogP contribution in [0.25, 0.3) is 0 Å². The second-order valence-electron chi connectivity index (χ2n) is 7.63. The van der Waals surface area contributed by atoms with Gasteiger partial charge in [-0.2, -0.15) is 0 Å². The Morgan fingerprint density at radius 1 is 1.06 bits per heavy atom. The van der Waals surface area contributed by atoms with E-state index in [9.17, 15) is 4.39 Å². The average molecular weight is 430 g/mol. The van der Waals surface area contributed by atoms with Crippen molar-refractivity contribution in [2.24, 2.45) is 4.99 Å². The first-order valence-corrected chi connectivity index (χ1v) is 10.7. The summed E-state index contributed by atoms with van der Waals surface area (Å²) in [6.07, 6.45) is 1.74. The van der Waals surface area contributed by atoms with E-state index in [0.717, 1.165) is 48.0 Å². The highest BCUT2D eigenvalue weighted by atomic mass is 19.1. The second-order valence-corrected chi connectivity index (χ2v) is 7.63. The standard InChI is InChI=1S/C24H32FN3O3/c1-4-26-23(27-16-18-5-10-21(29-2)15-22(18)30-3)28-17-24(11-13-31-14-12-24)19-6-8-20(25)9-7-19/h5-10,15H,4,11-14,16-17H2,1-3H3,(H2,26,27,28). The molecule has 7 heteroatoms. The Hall–Kier alpha value is -2.80. The normalized spacial score (nSPS) is 15.9. The zero-order valence-corrected chi connectivity index (χ0v) is 18.5. The fourth-order valence-electron chi connectivity index (χ4n) is 3.87. The average Bonchev–Trinajstić information content (AvgIpc) is 2.81. The maximum absolute atomic E-state index is 13.5. The minimum Gasteiger partial charge on any atom is -0.497 e. The number of nitrogens with one attached hydrogen (secondary N) is 2. The molecular weight excluding hydrogens is 397 g/mol. The number of guanidine groups is 1. The molecule has 0 aromatic heterocycles. The van der Waals surface area contributed by atoms with Crippen molar-refractivity contribution in [3.63, 3.8) is 0 Å². The Morgan fingerprint density at radius 2 is 1.81 bits per heavy atom. The Kier molecular flexibility index (Phi) is 8.12. The predicted molar refractivity (Wildman–Crippen MR) is 120 cm³/mol. The maximum Gasteiger partial charge on any atom is 0.191 e. The van der Waals surface area contributed by atoms with Crippen LogP contribution in [-0.4, -0.2) is 46.5 Å². The van der Waals surface area contributed by atoms with Crippen LogP contribution in [0.15, 0.2) is 47.5 Å². The number of methoxy groups -OCH3 is 2. The minimum absolute atomic E-state index is 0.125. The minimum atomic E-state index is -0.220. The van der Waals surface area contributed by atoms with E-state index in [-0.39, 0.29) is 11.2 Å². The molecule has 0 unspecified atom stereocenters. The highest BCUT2D eigenvalue weighted by Crippen LogP contribution is 2.34. The molecule has 6 nitrogen and oxygen atoms in total. The number of halogens is 1. The maximum atomic E-state index is 13.5. The summed E-state index contributed by atoms with van der Waals surface area (Å²) >= 11 is 0. The van der Waals surface area contributed by atoms with Crippen LogP contribution in [0.3, 0.4) is 0 Å². The van der Waals surface area contributed by atoms with Gasteiger partial charge in [0.15, 0.2) is 5.96 Å². The van der Waals surface area contributed by atoms with E-state index in [1.807, 2.05) is 37.3 Å². The smallest absolute Gasteiger partial charge is 0.191 e. The predicted octanol–water partition coefficient (Wildman–Crippen LogP) is 3.65. The van der Waals surface area contributed by atoms with Crippen LogP contribution in [-0.2, 0) is 16.7 Å². The third-order valence-corrected chi connectivity index (χ3v) is 5.75. The van der Waals surface area contributed by atoms with Crippen molar-refractivity contribution in [2.45, 2.75) is 31.7 Å². The summed E-state index contributed by atoms with van der Waals surface area (Å²) in [6.45, 7) is 5.32. The number of benzene rings is 2. The largest absolute Gasteiger partial charge is 0.497 e. The summed E-state index contributed by atoms with van der Waals surface area (Å²) in [5, 5.41) is 6.81. The molecule has 0 aliphatic carbocycles. The van der Waals surface area contributed by atoms with Crippen molar-refractivity contribution < 1.29 is 18.6 Å². The summed E-state index contributed by atoms with van der Waals surface area (Å²) < 4.78 is 29.8. The molecule has 0 amide bonds. The number of hydrogen-bond acceptors (Lipinski definition) is 4. The van der Waals surface area contributed by atoms with Gasteiger partial charge in [0.1, 0.15) is 17.3 Å². The van der Waals surface area contributed by atoms with Crippen LogP contribution in [0.4, 0.5) is 4.39 Å². The van der Waals surface area contributed by atoms with Crippen molar-refractivity contribution in [2.75, 3.05) is 40.5 Å². The molecule has 0 spiro atoms. The van der Waals surface area contributed by atoms with E-state index in [4.69, 9.17) is 19.2 Å². The van der Waals surface area contributed by atoms with E-state index < -0.39 is 0 Å². The summed E-state index contributed by atoms with van der Waals surface area (Å²) in [4.78, 5) is 4.75. The molecule has 0 saturated carbocycles. The monoisotopic (exact) mass is 429 g/mol. The molecule has 2 aromatic rings.